The van der Waals surface area contributed by atoms with Crippen LogP contribution in [-0.2, 0) is 17.8 Å². The number of nitrogens with one attached hydrogen (secondary N) is 2. The molecule has 2 rings (SSSR count). The predicted octanol–water partition coefficient (Wildman–Crippen LogP) is 2.14. The minimum atomic E-state index is 0.0673. The van der Waals surface area contributed by atoms with E-state index in [0.29, 0.717) is 13.0 Å². The Hall–Kier alpha value is -2.13. The van der Waals surface area contributed by atoms with Crippen LogP contribution in [-0.4, -0.2) is 19.0 Å². The van der Waals surface area contributed by atoms with Gasteiger partial charge in [0.15, 0.2) is 0 Å². The molecule has 0 saturated carbocycles. The Morgan fingerprint density at radius 2 is 1.40 bits per heavy atom. The van der Waals surface area contributed by atoms with Crippen molar-refractivity contribution in [2.45, 2.75) is 13.0 Å². The van der Waals surface area contributed by atoms with Crippen LogP contribution in [0.3, 0.4) is 0 Å². The van der Waals surface area contributed by atoms with Crippen molar-refractivity contribution in [3.8, 4) is 0 Å². The molecule has 2 aromatic rings. The topological polar surface area (TPSA) is 41.1 Å². The lowest BCUT2D eigenvalue weighted by Gasteiger charge is -2.07. The molecule has 20 heavy (non-hydrogen) atoms. The third-order valence-corrected chi connectivity index (χ3v) is 3.00. The normalized spacial score (nSPS) is 10.2. The van der Waals surface area contributed by atoms with Gasteiger partial charge in [-0.15, -0.1) is 0 Å². The van der Waals surface area contributed by atoms with E-state index in [9.17, 15) is 4.79 Å². The minimum absolute atomic E-state index is 0.0673. The summed E-state index contributed by atoms with van der Waals surface area (Å²) in [6, 6.07) is 20.0. The third-order valence-electron chi connectivity index (χ3n) is 3.00. The van der Waals surface area contributed by atoms with E-state index >= 15 is 0 Å². The van der Waals surface area contributed by atoms with Gasteiger partial charge in [0.1, 0.15) is 0 Å². The summed E-state index contributed by atoms with van der Waals surface area (Å²) in [5, 5.41) is 6.22. The van der Waals surface area contributed by atoms with Gasteiger partial charge in [0.05, 0.1) is 6.42 Å². The molecule has 3 nitrogen and oxygen atoms in total. The zero-order valence-corrected chi connectivity index (χ0v) is 11.5. The lowest BCUT2D eigenvalue weighted by atomic mass is 10.1. The highest BCUT2D eigenvalue weighted by molar-refractivity contribution is 5.78. The fraction of sp³-hybridized carbons (Fsp3) is 0.235. The molecule has 104 valence electrons. The maximum Gasteiger partial charge on any atom is 0.224 e. The molecule has 0 saturated heterocycles. The van der Waals surface area contributed by atoms with Crippen LogP contribution in [0.25, 0.3) is 0 Å². The summed E-state index contributed by atoms with van der Waals surface area (Å²) in [7, 11) is 0. The van der Waals surface area contributed by atoms with Gasteiger partial charge in [-0.1, -0.05) is 60.7 Å². The molecule has 0 spiro atoms. The van der Waals surface area contributed by atoms with Crippen molar-refractivity contribution in [2.75, 3.05) is 13.1 Å². The van der Waals surface area contributed by atoms with E-state index in [1.54, 1.807) is 0 Å². The Kier molecular flexibility index (Phi) is 5.80. The van der Waals surface area contributed by atoms with Crippen molar-refractivity contribution < 1.29 is 4.79 Å². The molecule has 0 heterocycles. The van der Waals surface area contributed by atoms with Gasteiger partial charge in [-0.3, -0.25) is 4.79 Å². The van der Waals surface area contributed by atoms with Gasteiger partial charge in [-0.25, -0.2) is 0 Å². The van der Waals surface area contributed by atoms with E-state index in [-0.39, 0.29) is 5.91 Å². The van der Waals surface area contributed by atoms with Crippen molar-refractivity contribution in [3.63, 3.8) is 0 Å². The fourth-order valence-corrected chi connectivity index (χ4v) is 1.96. The number of hydrogen-bond donors (Lipinski definition) is 2. The van der Waals surface area contributed by atoms with Gasteiger partial charge in [-0.2, -0.15) is 0 Å². The van der Waals surface area contributed by atoms with Gasteiger partial charge in [0, 0.05) is 19.6 Å². The Labute approximate surface area is 120 Å². The van der Waals surface area contributed by atoms with E-state index in [2.05, 4.69) is 22.8 Å². The maximum absolute atomic E-state index is 11.7. The molecule has 0 radical (unpaired) electrons. The van der Waals surface area contributed by atoms with E-state index in [1.165, 1.54) is 5.56 Å². The molecule has 0 atom stereocenters. The highest BCUT2D eigenvalue weighted by Crippen LogP contribution is 1.99. The van der Waals surface area contributed by atoms with Gasteiger partial charge >= 0.3 is 0 Å². The average Bonchev–Trinajstić information content (AvgIpc) is 2.49. The summed E-state index contributed by atoms with van der Waals surface area (Å²) in [5.74, 6) is 0.0673. The Balaban J connectivity index is 1.58. The summed E-state index contributed by atoms with van der Waals surface area (Å²) in [6.45, 7) is 2.25. The van der Waals surface area contributed by atoms with E-state index in [1.807, 2.05) is 48.5 Å². The van der Waals surface area contributed by atoms with Crippen LogP contribution < -0.4 is 10.6 Å². The second-order valence-electron chi connectivity index (χ2n) is 4.67. The molecule has 0 unspecified atom stereocenters. The maximum atomic E-state index is 11.7. The van der Waals surface area contributed by atoms with E-state index in [0.717, 1.165) is 18.7 Å². The van der Waals surface area contributed by atoms with Gasteiger partial charge in [0.25, 0.3) is 0 Å². The number of amides is 1. The molecular formula is C17H20N2O. The minimum Gasteiger partial charge on any atom is -0.355 e. The smallest absolute Gasteiger partial charge is 0.224 e. The Bertz CT molecular complexity index is 511. The van der Waals surface area contributed by atoms with Crippen LogP contribution in [0.1, 0.15) is 11.1 Å². The molecule has 0 fully saturated rings. The van der Waals surface area contributed by atoms with Crippen LogP contribution in [0.2, 0.25) is 0 Å². The first-order chi connectivity index (χ1) is 9.84. The number of carbonyl (C=O) groups is 1. The lowest BCUT2D eigenvalue weighted by molar-refractivity contribution is -0.120. The van der Waals surface area contributed by atoms with Gasteiger partial charge < -0.3 is 10.6 Å². The summed E-state index contributed by atoms with van der Waals surface area (Å²) in [6.07, 6.45) is 0.444. The van der Waals surface area contributed by atoms with Crippen molar-refractivity contribution >= 4 is 5.91 Å². The zero-order valence-electron chi connectivity index (χ0n) is 11.5. The van der Waals surface area contributed by atoms with Gasteiger partial charge in [0.2, 0.25) is 5.91 Å². The zero-order chi connectivity index (χ0) is 14.0. The summed E-state index contributed by atoms with van der Waals surface area (Å²) < 4.78 is 0. The number of benzene rings is 2. The van der Waals surface area contributed by atoms with Gasteiger partial charge in [-0.05, 0) is 11.1 Å². The summed E-state index contributed by atoms with van der Waals surface area (Å²) in [5.41, 5.74) is 2.30. The number of carbonyl (C=O) groups excluding carboxylic acids is 1. The predicted molar refractivity (Wildman–Crippen MR) is 81.3 cm³/mol. The second kappa shape index (κ2) is 8.12. The van der Waals surface area contributed by atoms with Crippen molar-refractivity contribution in [1.82, 2.24) is 10.6 Å². The van der Waals surface area contributed by atoms with E-state index in [4.69, 9.17) is 0 Å². The molecule has 2 N–H and O–H groups in total. The van der Waals surface area contributed by atoms with Crippen molar-refractivity contribution in [1.29, 1.82) is 0 Å². The van der Waals surface area contributed by atoms with E-state index < -0.39 is 0 Å². The third kappa shape index (κ3) is 5.24. The molecule has 0 aromatic heterocycles. The summed E-state index contributed by atoms with van der Waals surface area (Å²) >= 11 is 0. The molecular weight excluding hydrogens is 248 g/mol. The lowest BCUT2D eigenvalue weighted by Crippen LogP contribution is -2.32. The molecule has 0 aliphatic heterocycles. The largest absolute Gasteiger partial charge is 0.355 e. The Morgan fingerprint density at radius 1 is 0.800 bits per heavy atom. The monoisotopic (exact) mass is 268 g/mol. The first-order valence-corrected chi connectivity index (χ1v) is 6.90. The van der Waals surface area contributed by atoms with Crippen LogP contribution in [0.5, 0.6) is 0 Å². The number of hydrogen-bond acceptors (Lipinski definition) is 2. The van der Waals surface area contributed by atoms with Crippen LogP contribution >= 0.6 is 0 Å². The molecule has 3 heteroatoms. The van der Waals surface area contributed by atoms with Crippen LogP contribution in [0.15, 0.2) is 60.7 Å². The quantitative estimate of drug-likeness (QED) is 0.755. The first-order valence-electron chi connectivity index (χ1n) is 6.90. The molecule has 0 aliphatic rings. The van der Waals surface area contributed by atoms with Crippen molar-refractivity contribution in [3.05, 3.63) is 71.8 Å². The first kappa shape index (κ1) is 14.3. The fourth-order valence-electron chi connectivity index (χ4n) is 1.96. The highest BCUT2D eigenvalue weighted by atomic mass is 16.1. The Morgan fingerprint density at radius 3 is 2.05 bits per heavy atom. The highest BCUT2D eigenvalue weighted by Gasteiger charge is 2.01. The number of rotatable bonds is 7. The van der Waals surface area contributed by atoms with Crippen LogP contribution in [0.4, 0.5) is 0 Å². The average molecular weight is 268 g/mol. The second-order valence-corrected chi connectivity index (χ2v) is 4.67. The van der Waals surface area contributed by atoms with Crippen molar-refractivity contribution in [2.24, 2.45) is 0 Å². The molecule has 0 aliphatic carbocycles. The van der Waals surface area contributed by atoms with Crippen LogP contribution in [0, 0.1) is 0 Å². The molecule has 1 amide bonds. The molecule has 0 bridgehead atoms. The SMILES string of the molecule is O=C(Cc1ccccc1)NCCNCc1ccccc1. The summed E-state index contributed by atoms with van der Waals surface area (Å²) in [4.78, 5) is 11.7. The molecule has 2 aromatic carbocycles. The standard InChI is InChI=1S/C17H20N2O/c20-17(13-15-7-3-1-4-8-15)19-12-11-18-14-16-9-5-2-6-10-16/h1-10,18H,11-14H2,(H,19,20).